The Morgan fingerprint density at radius 1 is 1.39 bits per heavy atom. The van der Waals surface area contributed by atoms with Crippen LogP contribution in [0.3, 0.4) is 0 Å². The zero-order chi connectivity index (χ0) is 13.0. The van der Waals surface area contributed by atoms with Crippen molar-refractivity contribution in [2.45, 2.75) is 38.8 Å². The van der Waals surface area contributed by atoms with Crippen molar-refractivity contribution in [2.75, 3.05) is 5.33 Å². The minimum Gasteiger partial charge on any atom is -0.335 e. The molecule has 0 aliphatic heterocycles. The minimum atomic E-state index is 0.193. The molecule has 2 nitrogen and oxygen atoms in total. The summed E-state index contributed by atoms with van der Waals surface area (Å²) in [5.74, 6) is 0.884. The van der Waals surface area contributed by atoms with Crippen molar-refractivity contribution in [2.24, 2.45) is 5.92 Å². The average molecular weight is 310 g/mol. The van der Waals surface area contributed by atoms with E-state index in [2.05, 4.69) is 35.0 Å². The van der Waals surface area contributed by atoms with Gasteiger partial charge in [0.15, 0.2) is 0 Å². The van der Waals surface area contributed by atoms with Gasteiger partial charge in [-0.3, -0.25) is 4.79 Å². The fraction of sp³-hybridized carbons (Fsp3) is 0.533. The Balaban J connectivity index is 2.07. The maximum atomic E-state index is 12.1. The van der Waals surface area contributed by atoms with Crippen molar-refractivity contribution >= 4 is 21.8 Å². The molecule has 3 heteroatoms. The van der Waals surface area contributed by atoms with Crippen LogP contribution in [0.15, 0.2) is 30.3 Å². The van der Waals surface area contributed by atoms with Crippen LogP contribution in [0.25, 0.3) is 0 Å². The van der Waals surface area contributed by atoms with E-state index in [1.165, 1.54) is 24.8 Å². The van der Waals surface area contributed by atoms with E-state index < -0.39 is 0 Å². The third-order valence-electron chi connectivity index (χ3n) is 3.95. The van der Waals surface area contributed by atoms with Crippen molar-refractivity contribution in [3.63, 3.8) is 0 Å². The molecule has 0 radical (unpaired) electrons. The standard InChI is InChI=1S/C15H20BrNO/c1-12(14-8-5-9-14)17(15(18)10-16)11-13-6-3-2-4-7-13/h2-4,6-7,12,14H,5,8-11H2,1H3/t12-/m0/s1. The largest absolute Gasteiger partial charge is 0.335 e. The summed E-state index contributed by atoms with van der Waals surface area (Å²) in [6.45, 7) is 2.91. The molecule has 0 N–H and O–H groups in total. The average Bonchev–Trinajstić information content (AvgIpc) is 2.34. The molecule has 0 saturated heterocycles. The van der Waals surface area contributed by atoms with Crippen molar-refractivity contribution in [1.82, 2.24) is 4.90 Å². The Bertz CT molecular complexity index is 389. The Kier molecular flexibility index (Phi) is 4.81. The number of alkyl halides is 1. The molecular weight excluding hydrogens is 290 g/mol. The summed E-state index contributed by atoms with van der Waals surface area (Å²) >= 11 is 3.29. The molecule has 1 fully saturated rings. The highest BCUT2D eigenvalue weighted by atomic mass is 79.9. The zero-order valence-electron chi connectivity index (χ0n) is 10.8. The predicted octanol–water partition coefficient (Wildman–Crippen LogP) is 3.60. The van der Waals surface area contributed by atoms with Gasteiger partial charge in [-0.15, -0.1) is 0 Å². The Morgan fingerprint density at radius 3 is 2.56 bits per heavy atom. The molecule has 1 aromatic carbocycles. The lowest BCUT2D eigenvalue weighted by Crippen LogP contribution is -2.44. The highest BCUT2D eigenvalue weighted by Crippen LogP contribution is 2.32. The normalized spacial score (nSPS) is 17.0. The van der Waals surface area contributed by atoms with Gasteiger partial charge < -0.3 is 4.90 Å². The number of hydrogen-bond donors (Lipinski definition) is 0. The number of halogens is 1. The molecule has 0 bridgehead atoms. The van der Waals surface area contributed by atoms with E-state index in [1.807, 2.05) is 23.1 Å². The van der Waals surface area contributed by atoms with Crippen LogP contribution in [-0.2, 0) is 11.3 Å². The van der Waals surface area contributed by atoms with E-state index in [1.54, 1.807) is 0 Å². The quantitative estimate of drug-likeness (QED) is 0.761. The molecular formula is C15H20BrNO. The molecule has 1 amide bonds. The monoisotopic (exact) mass is 309 g/mol. The van der Waals surface area contributed by atoms with Gasteiger partial charge in [-0.25, -0.2) is 0 Å². The third kappa shape index (κ3) is 3.14. The smallest absolute Gasteiger partial charge is 0.233 e. The van der Waals surface area contributed by atoms with Gasteiger partial charge in [0.05, 0.1) is 5.33 Å². The van der Waals surface area contributed by atoms with Gasteiger partial charge in [-0.1, -0.05) is 52.7 Å². The van der Waals surface area contributed by atoms with Gasteiger partial charge in [-0.05, 0) is 31.2 Å². The molecule has 2 rings (SSSR count). The number of hydrogen-bond acceptors (Lipinski definition) is 1. The van der Waals surface area contributed by atoms with Crippen molar-refractivity contribution in [1.29, 1.82) is 0 Å². The van der Waals surface area contributed by atoms with Crippen LogP contribution >= 0.6 is 15.9 Å². The summed E-state index contributed by atoms with van der Waals surface area (Å²) in [6.07, 6.45) is 3.85. The first-order valence-electron chi connectivity index (χ1n) is 6.61. The molecule has 1 aliphatic rings. The number of nitrogens with zero attached hydrogens (tertiary/aromatic N) is 1. The summed E-state index contributed by atoms with van der Waals surface area (Å²) in [4.78, 5) is 14.1. The maximum absolute atomic E-state index is 12.1. The summed E-state index contributed by atoms with van der Waals surface area (Å²) in [7, 11) is 0. The van der Waals surface area contributed by atoms with Crippen molar-refractivity contribution < 1.29 is 4.79 Å². The van der Waals surface area contributed by atoms with E-state index in [0.29, 0.717) is 17.3 Å². The highest BCUT2D eigenvalue weighted by Gasteiger charge is 2.30. The Hall–Kier alpha value is -0.830. The SMILES string of the molecule is C[C@@H](C1CCC1)N(Cc1ccccc1)C(=O)CBr. The van der Waals surface area contributed by atoms with Crippen molar-refractivity contribution in [3.05, 3.63) is 35.9 Å². The lowest BCUT2D eigenvalue weighted by molar-refractivity contribution is -0.132. The van der Waals surface area contributed by atoms with Crippen LogP contribution in [0.2, 0.25) is 0 Å². The van der Waals surface area contributed by atoms with Crippen LogP contribution in [0, 0.1) is 5.92 Å². The predicted molar refractivity (Wildman–Crippen MR) is 77.6 cm³/mol. The third-order valence-corrected chi connectivity index (χ3v) is 4.43. The second-order valence-corrected chi connectivity index (χ2v) is 5.63. The molecule has 1 saturated carbocycles. The Morgan fingerprint density at radius 2 is 2.06 bits per heavy atom. The molecule has 98 valence electrons. The molecule has 18 heavy (non-hydrogen) atoms. The van der Waals surface area contributed by atoms with Gasteiger partial charge in [0.1, 0.15) is 0 Å². The van der Waals surface area contributed by atoms with E-state index in [-0.39, 0.29) is 5.91 Å². The van der Waals surface area contributed by atoms with Gasteiger partial charge in [0.25, 0.3) is 0 Å². The summed E-state index contributed by atoms with van der Waals surface area (Å²) in [5, 5.41) is 0.414. The summed E-state index contributed by atoms with van der Waals surface area (Å²) in [5.41, 5.74) is 1.21. The summed E-state index contributed by atoms with van der Waals surface area (Å²) < 4.78 is 0. The first-order chi connectivity index (χ1) is 8.72. The van der Waals surface area contributed by atoms with E-state index >= 15 is 0 Å². The molecule has 0 heterocycles. The Labute approximate surface area is 117 Å². The molecule has 1 aromatic rings. The van der Waals surface area contributed by atoms with Gasteiger partial charge in [-0.2, -0.15) is 0 Å². The van der Waals surface area contributed by atoms with Crippen LogP contribution in [-0.4, -0.2) is 22.2 Å². The van der Waals surface area contributed by atoms with Crippen LogP contribution in [0.1, 0.15) is 31.7 Å². The van der Waals surface area contributed by atoms with E-state index in [9.17, 15) is 4.79 Å². The van der Waals surface area contributed by atoms with Gasteiger partial charge in [0, 0.05) is 12.6 Å². The summed E-state index contributed by atoms with van der Waals surface area (Å²) in [6, 6.07) is 10.6. The molecule has 1 aliphatic carbocycles. The van der Waals surface area contributed by atoms with Crippen LogP contribution < -0.4 is 0 Å². The van der Waals surface area contributed by atoms with Crippen LogP contribution in [0.4, 0.5) is 0 Å². The maximum Gasteiger partial charge on any atom is 0.233 e. The first-order valence-corrected chi connectivity index (χ1v) is 7.74. The van der Waals surface area contributed by atoms with Crippen LogP contribution in [0.5, 0.6) is 0 Å². The fourth-order valence-corrected chi connectivity index (χ4v) is 2.81. The zero-order valence-corrected chi connectivity index (χ0v) is 12.4. The lowest BCUT2D eigenvalue weighted by atomic mass is 9.79. The number of amides is 1. The lowest BCUT2D eigenvalue weighted by Gasteiger charge is -2.39. The topological polar surface area (TPSA) is 20.3 Å². The van der Waals surface area contributed by atoms with Crippen molar-refractivity contribution in [3.8, 4) is 0 Å². The molecule has 0 unspecified atom stereocenters. The minimum absolute atomic E-state index is 0.193. The number of rotatable bonds is 5. The second kappa shape index (κ2) is 6.37. The molecule has 1 atom stereocenters. The molecule has 0 aromatic heterocycles. The van der Waals surface area contributed by atoms with E-state index in [0.717, 1.165) is 6.54 Å². The van der Waals surface area contributed by atoms with Gasteiger partial charge in [0.2, 0.25) is 5.91 Å². The molecule has 0 spiro atoms. The number of carbonyl (C=O) groups excluding carboxylic acids is 1. The fourth-order valence-electron chi connectivity index (χ4n) is 2.49. The second-order valence-electron chi connectivity index (χ2n) is 5.07. The first kappa shape index (κ1) is 13.6. The van der Waals surface area contributed by atoms with Gasteiger partial charge >= 0.3 is 0 Å². The number of carbonyl (C=O) groups is 1. The number of benzene rings is 1. The van der Waals surface area contributed by atoms with E-state index in [4.69, 9.17) is 0 Å². The highest BCUT2D eigenvalue weighted by molar-refractivity contribution is 9.09.